The maximum absolute atomic E-state index is 11.8. The second kappa shape index (κ2) is 5.12. The molecular weight excluding hydrogens is 270 g/mol. The first-order valence-corrected chi connectivity index (χ1v) is 6.23. The third-order valence-corrected chi connectivity index (χ3v) is 3.00. The Kier molecular flexibility index (Phi) is 3.15. The van der Waals surface area contributed by atoms with E-state index in [0.717, 1.165) is 11.4 Å². The van der Waals surface area contributed by atoms with Gasteiger partial charge in [0.1, 0.15) is 17.1 Å². The van der Waals surface area contributed by atoms with Crippen LogP contribution in [0.2, 0.25) is 0 Å². The first kappa shape index (κ1) is 12.9. The van der Waals surface area contributed by atoms with Gasteiger partial charge in [0.15, 0.2) is 0 Å². The number of benzene rings is 1. The highest BCUT2D eigenvalue weighted by atomic mass is 16.5. The molecule has 3 rings (SSSR count). The maximum Gasteiger partial charge on any atom is 0.274 e. The van der Waals surface area contributed by atoms with E-state index in [9.17, 15) is 4.79 Å². The fourth-order valence-electron chi connectivity index (χ4n) is 1.99. The van der Waals surface area contributed by atoms with Crippen LogP contribution in [0.1, 0.15) is 0 Å². The molecule has 0 spiro atoms. The number of pyridine rings is 1. The molecular formula is C14H13N5O2. The number of anilines is 3. The normalized spacial score (nSPS) is 10.5. The summed E-state index contributed by atoms with van der Waals surface area (Å²) < 4.78 is 5.11. The molecule has 2 aromatic heterocycles. The summed E-state index contributed by atoms with van der Waals surface area (Å²) in [5, 5.41) is 3.73. The Bertz CT molecular complexity index is 842. The van der Waals surface area contributed by atoms with E-state index in [1.54, 1.807) is 19.4 Å². The van der Waals surface area contributed by atoms with E-state index in [-0.39, 0.29) is 17.0 Å². The first-order chi connectivity index (χ1) is 10.2. The monoisotopic (exact) mass is 283 g/mol. The molecule has 0 fully saturated rings. The predicted octanol–water partition coefficient (Wildman–Crippen LogP) is 1.65. The third kappa shape index (κ3) is 2.48. The Hall–Kier alpha value is -3.09. The molecule has 7 nitrogen and oxygen atoms in total. The summed E-state index contributed by atoms with van der Waals surface area (Å²) >= 11 is 0. The van der Waals surface area contributed by atoms with E-state index in [4.69, 9.17) is 10.5 Å². The molecule has 0 aliphatic carbocycles. The number of aromatic nitrogens is 3. The van der Waals surface area contributed by atoms with Crippen molar-refractivity contribution in [1.29, 1.82) is 0 Å². The number of nitrogens with two attached hydrogens (primary N) is 1. The highest BCUT2D eigenvalue weighted by molar-refractivity contribution is 5.90. The number of fused-ring (bicyclic) bond motifs is 1. The van der Waals surface area contributed by atoms with Crippen LogP contribution in [0.15, 0.2) is 41.3 Å². The van der Waals surface area contributed by atoms with Crippen molar-refractivity contribution in [3.8, 4) is 5.75 Å². The van der Waals surface area contributed by atoms with Crippen LogP contribution in [0, 0.1) is 0 Å². The number of hydrogen-bond acceptors (Lipinski definition) is 6. The van der Waals surface area contributed by atoms with Crippen LogP contribution >= 0.6 is 0 Å². The molecule has 7 heteroatoms. The van der Waals surface area contributed by atoms with Crippen LogP contribution in [-0.2, 0) is 0 Å². The van der Waals surface area contributed by atoms with E-state index in [2.05, 4.69) is 20.3 Å². The molecule has 0 bridgehead atoms. The molecule has 3 aromatic rings. The smallest absolute Gasteiger partial charge is 0.274 e. The van der Waals surface area contributed by atoms with Crippen LogP contribution in [0.25, 0.3) is 10.9 Å². The highest BCUT2D eigenvalue weighted by Crippen LogP contribution is 2.23. The second-order valence-corrected chi connectivity index (χ2v) is 4.35. The number of rotatable bonds is 3. The summed E-state index contributed by atoms with van der Waals surface area (Å²) in [7, 11) is 1.60. The summed E-state index contributed by atoms with van der Waals surface area (Å²) in [6.45, 7) is 0. The van der Waals surface area contributed by atoms with Gasteiger partial charge in [0.25, 0.3) is 5.56 Å². The van der Waals surface area contributed by atoms with Crippen molar-refractivity contribution in [3.63, 3.8) is 0 Å². The topological polar surface area (TPSA) is 106 Å². The molecule has 0 atom stereocenters. The Labute approximate surface area is 119 Å². The third-order valence-electron chi connectivity index (χ3n) is 3.00. The van der Waals surface area contributed by atoms with Gasteiger partial charge in [-0.05, 0) is 30.3 Å². The summed E-state index contributed by atoms with van der Waals surface area (Å²) in [5.74, 6) is 1.27. The van der Waals surface area contributed by atoms with E-state index >= 15 is 0 Å². The fourth-order valence-corrected chi connectivity index (χ4v) is 1.99. The van der Waals surface area contributed by atoms with E-state index in [1.165, 1.54) is 0 Å². The van der Waals surface area contributed by atoms with Crippen LogP contribution < -0.4 is 21.3 Å². The largest absolute Gasteiger partial charge is 0.497 e. The van der Waals surface area contributed by atoms with Gasteiger partial charge < -0.3 is 20.8 Å². The van der Waals surface area contributed by atoms with Crippen LogP contribution in [0.3, 0.4) is 0 Å². The number of hydrogen-bond donors (Lipinski definition) is 3. The zero-order valence-corrected chi connectivity index (χ0v) is 11.3. The Balaban J connectivity index is 2.07. The van der Waals surface area contributed by atoms with Crippen molar-refractivity contribution in [2.45, 2.75) is 0 Å². The lowest BCUT2D eigenvalue weighted by atomic mass is 10.2. The van der Waals surface area contributed by atoms with Gasteiger partial charge in [-0.3, -0.25) is 4.79 Å². The molecule has 2 heterocycles. The van der Waals surface area contributed by atoms with Crippen LogP contribution in [-0.4, -0.2) is 22.1 Å². The van der Waals surface area contributed by atoms with Gasteiger partial charge in [-0.2, -0.15) is 4.98 Å². The Morgan fingerprint density at radius 2 is 1.95 bits per heavy atom. The first-order valence-electron chi connectivity index (χ1n) is 6.23. The van der Waals surface area contributed by atoms with Crippen molar-refractivity contribution in [2.75, 3.05) is 18.2 Å². The summed E-state index contributed by atoms with van der Waals surface area (Å²) in [5.41, 5.74) is 6.40. The summed E-state index contributed by atoms with van der Waals surface area (Å²) in [6.07, 6.45) is 1.55. The number of aromatic amines is 1. The number of methoxy groups -OCH3 is 1. The number of nitrogens with zero attached hydrogens (tertiary/aromatic N) is 2. The van der Waals surface area contributed by atoms with Crippen molar-refractivity contribution >= 4 is 28.4 Å². The van der Waals surface area contributed by atoms with Gasteiger partial charge in [0.05, 0.1) is 12.5 Å². The lowest BCUT2D eigenvalue weighted by molar-refractivity contribution is 0.415. The standard InChI is InChI=1S/C14H13N5O2/c1-21-9-4-2-8(3-5-9)17-12-10-6-7-16-13(20)11(10)18-14(15)19-12/h2-7H,1H3,(H,16,20)(H3,15,17,18,19). The lowest BCUT2D eigenvalue weighted by Crippen LogP contribution is -2.10. The molecule has 0 saturated carbocycles. The number of ether oxygens (including phenoxy) is 1. The molecule has 21 heavy (non-hydrogen) atoms. The number of H-pyrrole nitrogens is 1. The molecule has 0 aliphatic rings. The van der Waals surface area contributed by atoms with Gasteiger partial charge in [-0.15, -0.1) is 0 Å². The van der Waals surface area contributed by atoms with Gasteiger partial charge in [-0.1, -0.05) is 0 Å². The van der Waals surface area contributed by atoms with Crippen LogP contribution in [0.4, 0.5) is 17.5 Å². The Morgan fingerprint density at radius 1 is 1.19 bits per heavy atom. The quantitative estimate of drug-likeness (QED) is 0.675. The molecule has 0 aliphatic heterocycles. The molecule has 0 radical (unpaired) electrons. The maximum atomic E-state index is 11.8. The van der Waals surface area contributed by atoms with E-state index in [0.29, 0.717) is 11.2 Å². The number of nitrogens with one attached hydrogen (secondary N) is 2. The molecule has 0 saturated heterocycles. The fraction of sp³-hybridized carbons (Fsp3) is 0.0714. The van der Waals surface area contributed by atoms with E-state index < -0.39 is 0 Å². The lowest BCUT2D eigenvalue weighted by Gasteiger charge is -2.09. The second-order valence-electron chi connectivity index (χ2n) is 4.35. The van der Waals surface area contributed by atoms with Gasteiger partial charge in [-0.25, -0.2) is 4.98 Å². The minimum atomic E-state index is -0.306. The average Bonchev–Trinajstić information content (AvgIpc) is 2.49. The molecule has 1 aromatic carbocycles. The predicted molar refractivity (Wildman–Crippen MR) is 80.8 cm³/mol. The van der Waals surface area contributed by atoms with Crippen molar-refractivity contribution in [3.05, 3.63) is 46.9 Å². The average molecular weight is 283 g/mol. The van der Waals surface area contributed by atoms with Crippen molar-refractivity contribution in [1.82, 2.24) is 15.0 Å². The molecule has 106 valence electrons. The van der Waals surface area contributed by atoms with Crippen molar-refractivity contribution in [2.24, 2.45) is 0 Å². The number of nitrogen functional groups attached to an aromatic ring is 1. The summed E-state index contributed by atoms with van der Waals surface area (Å²) in [6, 6.07) is 9.05. The van der Waals surface area contributed by atoms with Crippen LogP contribution in [0.5, 0.6) is 5.75 Å². The zero-order valence-electron chi connectivity index (χ0n) is 11.3. The SMILES string of the molecule is COc1ccc(Nc2nc(N)nc3c(=O)[nH]ccc23)cc1. The molecule has 0 unspecified atom stereocenters. The van der Waals surface area contributed by atoms with Crippen molar-refractivity contribution < 1.29 is 4.74 Å². The van der Waals surface area contributed by atoms with Gasteiger partial charge in [0.2, 0.25) is 5.95 Å². The van der Waals surface area contributed by atoms with Gasteiger partial charge >= 0.3 is 0 Å². The Morgan fingerprint density at radius 3 is 2.67 bits per heavy atom. The zero-order chi connectivity index (χ0) is 14.8. The summed E-state index contributed by atoms with van der Waals surface area (Å²) in [4.78, 5) is 22.5. The van der Waals surface area contributed by atoms with Gasteiger partial charge in [0, 0.05) is 11.9 Å². The van der Waals surface area contributed by atoms with E-state index in [1.807, 2.05) is 24.3 Å². The highest BCUT2D eigenvalue weighted by Gasteiger charge is 2.09. The minimum absolute atomic E-state index is 0.0372. The molecule has 4 N–H and O–H groups in total. The molecule has 0 amide bonds. The minimum Gasteiger partial charge on any atom is -0.497 e.